The van der Waals surface area contributed by atoms with E-state index < -0.39 is 0 Å². The number of halogens is 1. The van der Waals surface area contributed by atoms with E-state index in [2.05, 4.69) is 29.7 Å². The van der Waals surface area contributed by atoms with Crippen molar-refractivity contribution in [3.63, 3.8) is 0 Å². The van der Waals surface area contributed by atoms with Crippen LogP contribution in [0.1, 0.15) is 23.1 Å². The van der Waals surface area contributed by atoms with Crippen LogP contribution in [0.15, 0.2) is 36.4 Å². The highest BCUT2D eigenvalue weighted by Gasteiger charge is 2.11. The van der Waals surface area contributed by atoms with Gasteiger partial charge < -0.3 is 25.2 Å². The van der Waals surface area contributed by atoms with Crippen LogP contribution in [0.5, 0.6) is 11.5 Å². The van der Waals surface area contributed by atoms with Crippen LogP contribution in [0.4, 0.5) is 0 Å². The van der Waals surface area contributed by atoms with Gasteiger partial charge in [0.1, 0.15) is 6.61 Å². The standard InChI is InChI=1S/C21H29ClN2O3/c1-16-6-3-4-7-17(16)15-27-21-13-19(22)18(12-20(21)26-2)14-24-9-5-8-23-10-11-25/h3-4,6-7,12-13,23-25H,5,8-11,14-15H2,1-2H3. The zero-order valence-corrected chi connectivity index (χ0v) is 16.8. The van der Waals surface area contributed by atoms with E-state index in [9.17, 15) is 0 Å². The minimum atomic E-state index is 0.168. The van der Waals surface area contributed by atoms with Crippen molar-refractivity contribution in [1.82, 2.24) is 10.6 Å². The number of hydrogen-bond acceptors (Lipinski definition) is 5. The number of hydrogen-bond donors (Lipinski definition) is 3. The average molecular weight is 393 g/mol. The summed E-state index contributed by atoms with van der Waals surface area (Å²) < 4.78 is 11.4. The molecule has 0 heterocycles. The summed E-state index contributed by atoms with van der Waals surface area (Å²) in [4.78, 5) is 0. The van der Waals surface area contributed by atoms with Gasteiger partial charge in [-0.1, -0.05) is 35.9 Å². The number of nitrogens with one attached hydrogen (secondary N) is 2. The van der Waals surface area contributed by atoms with Crippen LogP contribution >= 0.6 is 11.6 Å². The number of aliphatic hydroxyl groups is 1. The second-order valence-corrected chi connectivity index (χ2v) is 6.72. The Morgan fingerprint density at radius 2 is 1.78 bits per heavy atom. The summed E-state index contributed by atoms with van der Waals surface area (Å²) in [6.45, 7) is 5.73. The Labute approximate surface area is 166 Å². The fourth-order valence-electron chi connectivity index (χ4n) is 2.68. The molecule has 3 N–H and O–H groups in total. The van der Waals surface area contributed by atoms with Gasteiger partial charge in [0.05, 0.1) is 13.7 Å². The Kier molecular flexibility index (Phi) is 9.42. The number of methoxy groups -OCH3 is 1. The third kappa shape index (κ3) is 7.03. The average Bonchev–Trinajstić information content (AvgIpc) is 2.67. The molecule has 0 radical (unpaired) electrons. The molecule has 0 unspecified atom stereocenters. The Morgan fingerprint density at radius 1 is 1.00 bits per heavy atom. The molecule has 6 heteroatoms. The van der Waals surface area contributed by atoms with Crippen LogP contribution < -0.4 is 20.1 Å². The van der Waals surface area contributed by atoms with Crippen molar-refractivity contribution in [3.8, 4) is 11.5 Å². The Balaban J connectivity index is 1.91. The third-order valence-corrected chi connectivity index (χ3v) is 4.64. The Hall–Kier alpha value is -1.79. The summed E-state index contributed by atoms with van der Waals surface area (Å²) in [5.74, 6) is 1.32. The molecule has 0 spiro atoms. The molecule has 0 aliphatic rings. The van der Waals surface area contributed by atoms with Gasteiger partial charge in [-0.3, -0.25) is 0 Å². The lowest BCUT2D eigenvalue weighted by atomic mass is 10.1. The van der Waals surface area contributed by atoms with Crippen molar-refractivity contribution in [1.29, 1.82) is 0 Å². The first kappa shape index (κ1) is 21.5. The van der Waals surface area contributed by atoms with Crippen molar-refractivity contribution >= 4 is 11.6 Å². The lowest BCUT2D eigenvalue weighted by molar-refractivity contribution is 0.283. The normalized spacial score (nSPS) is 10.8. The van der Waals surface area contributed by atoms with Gasteiger partial charge in [-0.2, -0.15) is 0 Å². The van der Waals surface area contributed by atoms with Gasteiger partial charge >= 0.3 is 0 Å². The van der Waals surface area contributed by atoms with Gasteiger partial charge in [-0.25, -0.2) is 0 Å². The molecule has 0 aromatic heterocycles. The maximum absolute atomic E-state index is 8.72. The molecule has 0 aliphatic carbocycles. The highest BCUT2D eigenvalue weighted by molar-refractivity contribution is 6.31. The van der Waals surface area contributed by atoms with Crippen molar-refractivity contribution < 1.29 is 14.6 Å². The van der Waals surface area contributed by atoms with Gasteiger partial charge in [0.25, 0.3) is 0 Å². The lowest BCUT2D eigenvalue weighted by Crippen LogP contribution is -2.24. The predicted octanol–water partition coefficient (Wildman–Crippen LogP) is 3.30. The van der Waals surface area contributed by atoms with E-state index in [1.54, 1.807) is 7.11 Å². The fraction of sp³-hybridized carbons (Fsp3) is 0.429. The summed E-state index contributed by atoms with van der Waals surface area (Å²) in [6, 6.07) is 11.9. The van der Waals surface area contributed by atoms with Gasteiger partial charge in [-0.05, 0) is 49.2 Å². The van der Waals surface area contributed by atoms with Crippen molar-refractivity contribution in [2.24, 2.45) is 0 Å². The molecule has 0 aliphatic heterocycles. The van der Waals surface area contributed by atoms with Crippen molar-refractivity contribution in [3.05, 3.63) is 58.1 Å². The highest BCUT2D eigenvalue weighted by atomic mass is 35.5. The van der Waals surface area contributed by atoms with Gasteiger partial charge in [0.15, 0.2) is 11.5 Å². The first-order chi connectivity index (χ1) is 13.2. The summed E-state index contributed by atoms with van der Waals surface area (Å²) in [7, 11) is 1.63. The van der Waals surface area contributed by atoms with Crippen LogP contribution in [0.3, 0.4) is 0 Å². The maximum atomic E-state index is 8.72. The smallest absolute Gasteiger partial charge is 0.163 e. The Morgan fingerprint density at radius 3 is 2.52 bits per heavy atom. The number of aryl methyl sites for hydroxylation is 1. The van der Waals surface area contributed by atoms with E-state index in [1.165, 1.54) is 5.56 Å². The number of ether oxygens (including phenoxy) is 2. The molecule has 0 atom stereocenters. The van der Waals surface area contributed by atoms with E-state index in [1.807, 2.05) is 24.3 Å². The van der Waals surface area contributed by atoms with Crippen LogP contribution in [-0.2, 0) is 13.2 Å². The minimum absolute atomic E-state index is 0.168. The van der Waals surface area contributed by atoms with Crippen molar-refractivity contribution in [2.45, 2.75) is 26.5 Å². The molecule has 0 fully saturated rings. The van der Waals surface area contributed by atoms with Gasteiger partial charge in [0, 0.05) is 24.2 Å². The quantitative estimate of drug-likeness (QED) is 0.484. The summed E-state index contributed by atoms with van der Waals surface area (Å²) in [5.41, 5.74) is 3.30. The van der Waals surface area contributed by atoms with E-state index in [0.29, 0.717) is 36.2 Å². The molecule has 2 rings (SSSR count). The lowest BCUT2D eigenvalue weighted by Gasteiger charge is -2.15. The molecular weight excluding hydrogens is 364 g/mol. The molecule has 2 aromatic carbocycles. The van der Waals surface area contributed by atoms with Crippen LogP contribution in [0.2, 0.25) is 5.02 Å². The molecule has 27 heavy (non-hydrogen) atoms. The second kappa shape index (κ2) is 11.8. The monoisotopic (exact) mass is 392 g/mol. The summed E-state index contributed by atoms with van der Waals surface area (Å²) >= 11 is 6.44. The molecule has 0 saturated heterocycles. The molecule has 148 valence electrons. The topological polar surface area (TPSA) is 62.8 Å². The third-order valence-electron chi connectivity index (χ3n) is 4.29. The molecule has 2 aromatic rings. The first-order valence-electron chi connectivity index (χ1n) is 9.21. The molecular formula is C21H29ClN2O3. The van der Waals surface area contributed by atoms with Gasteiger partial charge in [0.2, 0.25) is 0 Å². The van der Waals surface area contributed by atoms with E-state index in [0.717, 1.165) is 30.6 Å². The fourth-order valence-corrected chi connectivity index (χ4v) is 2.90. The molecule has 0 saturated carbocycles. The van der Waals surface area contributed by atoms with Crippen molar-refractivity contribution in [2.75, 3.05) is 33.4 Å². The molecule has 5 nitrogen and oxygen atoms in total. The summed E-state index contributed by atoms with van der Waals surface area (Å²) in [6.07, 6.45) is 0.979. The summed E-state index contributed by atoms with van der Waals surface area (Å²) in [5, 5.41) is 15.9. The maximum Gasteiger partial charge on any atom is 0.163 e. The van der Waals surface area contributed by atoms with E-state index in [4.69, 9.17) is 26.2 Å². The second-order valence-electron chi connectivity index (χ2n) is 6.31. The van der Waals surface area contributed by atoms with E-state index in [-0.39, 0.29) is 6.61 Å². The molecule has 0 bridgehead atoms. The molecule has 0 amide bonds. The first-order valence-corrected chi connectivity index (χ1v) is 9.59. The van der Waals surface area contributed by atoms with E-state index >= 15 is 0 Å². The number of rotatable bonds is 12. The highest BCUT2D eigenvalue weighted by Crippen LogP contribution is 2.34. The minimum Gasteiger partial charge on any atom is -0.493 e. The van der Waals surface area contributed by atoms with Crippen LogP contribution in [-0.4, -0.2) is 38.5 Å². The SMILES string of the molecule is COc1cc(CNCCCNCCO)c(Cl)cc1OCc1ccccc1C. The zero-order chi connectivity index (χ0) is 19.5. The van der Waals surface area contributed by atoms with Crippen LogP contribution in [0, 0.1) is 6.92 Å². The largest absolute Gasteiger partial charge is 0.493 e. The van der Waals surface area contributed by atoms with Gasteiger partial charge in [-0.15, -0.1) is 0 Å². The Bertz CT molecular complexity index is 710. The number of benzene rings is 2. The number of aliphatic hydroxyl groups excluding tert-OH is 1. The zero-order valence-electron chi connectivity index (χ0n) is 16.1. The van der Waals surface area contributed by atoms with Crippen LogP contribution in [0.25, 0.3) is 0 Å². The predicted molar refractivity (Wildman–Crippen MR) is 110 cm³/mol.